The summed E-state index contributed by atoms with van der Waals surface area (Å²) >= 11 is 5.28. The Kier molecular flexibility index (Phi) is 5.27. The van der Waals surface area contributed by atoms with E-state index in [4.69, 9.17) is 21.4 Å². The number of nitrogens with one attached hydrogen (secondary N) is 2. The second-order valence-electron chi connectivity index (χ2n) is 6.61. The van der Waals surface area contributed by atoms with Gasteiger partial charge < -0.3 is 19.4 Å². The third-order valence-corrected chi connectivity index (χ3v) is 4.98. The van der Waals surface area contributed by atoms with Gasteiger partial charge in [-0.2, -0.15) is 0 Å². The first-order valence-electron chi connectivity index (χ1n) is 9.15. The van der Waals surface area contributed by atoms with Crippen LogP contribution >= 0.6 is 12.2 Å². The predicted octanol–water partition coefficient (Wildman–Crippen LogP) is 3.70. The molecule has 1 amide bonds. The standard InChI is InChI=1S/C21H21N3O3S/c1-14-17-4-2-3-5-18(17)27-19(14)20(25)23-21(28)22-15-6-8-16(9-7-15)24-10-12-26-13-11-24/h2-9H,10-13H2,1H3,(H2,22,23,25,28). The van der Waals surface area contributed by atoms with Crippen LogP contribution < -0.4 is 15.5 Å². The zero-order valence-electron chi connectivity index (χ0n) is 15.5. The summed E-state index contributed by atoms with van der Waals surface area (Å²) < 4.78 is 11.1. The molecule has 2 heterocycles. The minimum atomic E-state index is -0.365. The van der Waals surface area contributed by atoms with E-state index in [0.29, 0.717) is 5.58 Å². The van der Waals surface area contributed by atoms with E-state index in [-0.39, 0.29) is 16.8 Å². The SMILES string of the molecule is Cc1c(C(=O)NC(=S)Nc2ccc(N3CCOCC3)cc2)oc2ccccc12. The highest BCUT2D eigenvalue weighted by molar-refractivity contribution is 7.80. The average Bonchev–Trinajstić information content (AvgIpc) is 3.06. The van der Waals surface area contributed by atoms with Crippen LogP contribution in [0.1, 0.15) is 16.1 Å². The molecule has 0 saturated carbocycles. The van der Waals surface area contributed by atoms with Crippen LogP contribution in [0.25, 0.3) is 11.0 Å². The van der Waals surface area contributed by atoms with Crippen LogP contribution in [-0.4, -0.2) is 37.3 Å². The second kappa shape index (κ2) is 8.00. The largest absolute Gasteiger partial charge is 0.451 e. The molecule has 144 valence electrons. The third kappa shape index (κ3) is 3.85. The van der Waals surface area contributed by atoms with Crippen molar-refractivity contribution in [3.8, 4) is 0 Å². The van der Waals surface area contributed by atoms with Gasteiger partial charge in [0.25, 0.3) is 5.91 Å². The van der Waals surface area contributed by atoms with Crippen molar-refractivity contribution in [2.45, 2.75) is 6.92 Å². The Morgan fingerprint density at radius 3 is 2.50 bits per heavy atom. The highest BCUT2D eigenvalue weighted by Crippen LogP contribution is 2.25. The summed E-state index contributed by atoms with van der Waals surface area (Å²) in [6.45, 7) is 5.13. The van der Waals surface area contributed by atoms with Crippen LogP contribution in [0, 0.1) is 6.92 Å². The molecular weight excluding hydrogens is 374 g/mol. The van der Waals surface area contributed by atoms with E-state index in [1.807, 2.05) is 55.5 Å². The first-order chi connectivity index (χ1) is 13.6. The molecule has 0 bridgehead atoms. The number of hydrogen-bond acceptors (Lipinski definition) is 5. The molecule has 1 saturated heterocycles. The molecule has 0 aliphatic carbocycles. The van der Waals surface area contributed by atoms with Crippen LogP contribution in [0.2, 0.25) is 0 Å². The topological polar surface area (TPSA) is 66.7 Å². The number of morpholine rings is 1. The van der Waals surface area contributed by atoms with Crippen molar-refractivity contribution in [1.29, 1.82) is 0 Å². The number of carbonyl (C=O) groups excluding carboxylic acids is 1. The molecule has 0 atom stereocenters. The van der Waals surface area contributed by atoms with Gasteiger partial charge in [0.15, 0.2) is 10.9 Å². The number of nitrogens with zero attached hydrogens (tertiary/aromatic N) is 1. The maximum absolute atomic E-state index is 12.5. The summed E-state index contributed by atoms with van der Waals surface area (Å²) in [6.07, 6.45) is 0. The summed E-state index contributed by atoms with van der Waals surface area (Å²) in [5.74, 6) is -0.0934. The van der Waals surface area contributed by atoms with Gasteiger partial charge in [0, 0.05) is 35.4 Å². The van der Waals surface area contributed by atoms with Crippen LogP contribution in [0.3, 0.4) is 0 Å². The van der Waals surface area contributed by atoms with E-state index in [1.54, 1.807) is 0 Å². The molecule has 2 aromatic carbocycles. The Balaban J connectivity index is 1.39. The number of furan rings is 1. The Bertz CT molecular complexity index is 1010. The lowest BCUT2D eigenvalue weighted by Crippen LogP contribution is -2.36. The maximum atomic E-state index is 12.5. The van der Waals surface area contributed by atoms with Crippen molar-refractivity contribution in [2.75, 3.05) is 36.5 Å². The quantitative estimate of drug-likeness (QED) is 0.659. The number of carbonyl (C=O) groups is 1. The van der Waals surface area contributed by atoms with E-state index in [1.165, 1.54) is 0 Å². The molecule has 0 spiro atoms. The van der Waals surface area contributed by atoms with Gasteiger partial charge in [0.2, 0.25) is 0 Å². The molecule has 1 aliphatic heterocycles. The molecule has 6 nitrogen and oxygen atoms in total. The van der Waals surface area contributed by atoms with Gasteiger partial charge in [-0.25, -0.2) is 0 Å². The fourth-order valence-corrected chi connectivity index (χ4v) is 3.50. The minimum Gasteiger partial charge on any atom is -0.451 e. The van der Waals surface area contributed by atoms with Crippen molar-refractivity contribution in [1.82, 2.24) is 5.32 Å². The van der Waals surface area contributed by atoms with Crippen molar-refractivity contribution in [3.05, 3.63) is 59.9 Å². The Morgan fingerprint density at radius 1 is 1.07 bits per heavy atom. The molecule has 0 radical (unpaired) electrons. The zero-order chi connectivity index (χ0) is 19.5. The number of anilines is 2. The molecule has 0 unspecified atom stereocenters. The van der Waals surface area contributed by atoms with Gasteiger partial charge in [-0.3, -0.25) is 10.1 Å². The molecule has 3 aromatic rings. The number of benzene rings is 2. The Labute approximate surface area is 168 Å². The first kappa shape index (κ1) is 18.5. The van der Waals surface area contributed by atoms with E-state index in [0.717, 1.165) is 48.6 Å². The van der Waals surface area contributed by atoms with Gasteiger partial charge in [-0.05, 0) is 49.5 Å². The lowest BCUT2D eigenvalue weighted by atomic mass is 10.1. The molecule has 1 fully saturated rings. The molecule has 2 N–H and O–H groups in total. The zero-order valence-corrected chi connectivity index (χ0v) is 16.3. The summed E-state index contributed by atoms with van der Waals surface area (Å²) in [5, 5.41) is 6.87. The number of fused-ring (bicyclic) bond motifs is 1. The van der Waals surface area contributed by atoms with E-state index < -0.39 is 0 Å². The molecular formula is C21H21N3O3S. The fraction of sp³-hybridized carbons (Fsp3) is 0.238. The number of ether oxygens (including phenoxy) is 1. The predicted molar refractivity (Wildman–Crippen MR) is 114 cm³/mol. The van der Waals surface area contributed by atoms with Gasteiger partial charge in [-0.15, -0.1) is 0 Å². The molecule has 7 heteroatoms. The average molecular weight is 395 g/mol. The normalized spacial score (nSPS) is 14.1. The Morgan fingerprint density at radius 2 is 1.79 bits per heavy atom. The number of thiocarbonyl (C=S) groups is 1. The third-order valence-electron chi connectivity index (χ3n) is 4.78. The van der Waals surface area contributed by atoms with Crippen LogP contribution in [0.15, 0.2) is 52.9 Å². The van der Waals surface area contributed by atoms with Crippen LogP contribution in [0.5, 0.6) is 0 Å². The lowest BCUT2D eigenvalue weighted by molar-refractivity contribution is 0.0952. The number of para-hydroxylation sites is 1. The summed E-state index contributed by atoms with van der Waals surface area (Å²) in [5.41, 5.74) is 3.43. The van der Waals surface area contributed by atoms with E-state index >= 15 is 0 Å². The van der Waals surface area contributed by atoms with Gasteiger partial charge >= 0.3 is 0 Å². The van der Waals surface area contributed by atoms with E-state index in [2.05, 4.69) is 15.5 Å². The lowest BCUT2D eigenvalue weighted by Gasteiger charge is -2.28. The summed E-state index contributed by atoms with van der Waals surface area (Å²) in [7, 11) is 0. The monoisotopic (exact) mass is 395 g/mol. The second-order valence-corrected chi connectivity index (χ2v) is 7.02. The summed E-state index contributed by atoms with van der Waals surface area (Å²) in [6, 6.07) is 15.5. The highest BCUT2D eigenvalue weighted by atomic mass is 32.1. The van der Waals surface area contributed by atoms with Gasteiger partial charge in [-0.1, -0.05) is 18.2 Å². The fourth-order valence-electron chi connectivity index (χ4n) is 3.29. The molecule has 28 heavy (non-hydrogen) atoms. The number of aryl methyl sites for hydroxylation is 1. The van der Waals surface area contributed by atoms with Gasteiger partial charge in [0.05, 0.1) is 13.2 Å². The molecule has 1 aromatic heterocycles. The number of amides is 1. The van der Waals surface area contributed by atoms with Gasteiger partial charge in [0.1, 0.15) is 5.58 Å². The summed E-state index contributed by atoms with van der Waals surface area (Å²) in [4.78, 5) is 14.8. The Hall–Kier alpha value is -2.90. The smallest absolute Gasteiger partial charge is 0.293 e. The van der Waals surface area contributed by atoms with Crippen molar-refractivity contribution >= 4 is 45.6 Å². The number of hydrogen-bond donors (Lipinski definition) is 2. The maximum Gasteiger partial charge on any atom is 0.293 e. The van der Waals surface area contributed by atoms with Crippen molar-refractivity contribution in [3.63, 3.8) is 0 Å². The molecule has 1 aliphatic rings. The number of rotatable bonds is 3. The van der Waals surface area contributed by atoms with Crippen molar-refractivity contribution in [2.24, 2.45) is 0 Å². The van der Waals surface area contributed by atoms with Crippen LogP contribution in [0.4, 0.5) is 11.4 Å². The first-order valence-corrected chi connectivity index (χ1v) is 9.56. The van der Waals surface area contributed by atoms with Crippen molar-refractivity contribution < 1.29 is 13.9 Å². The minimum absolute atomic E-state index is 0.226. The molecule has 4 rings (SSSR count). The van der Waals surface area contributed by atoms with Crippen LogP contribution in [-0.2, 0) is 4.74 Å². The van der Waals surface area contributed by atoms with E-state index in [9.17, 15) is 4.79 Å². The highest BCUT2D eigenvalue weighted by Gasteiger charge is 2.18.